The Morgan fingerprint density at radius 1 is 1.30 bits per heavy atom. The number of hydrogen-bond acceptors (Lipinski definition) is 3. The molecule has 4 heteroatoms. The molecule has 1 atom stereocenters. The van der Waals surface area contributed by atoms with E-state index in [4.69, 9.17) is 0 Å². The maximum Gasteiger partial charge on any atom is 0.0628 e. The molecule has 2 aromatic heterocycles. The van der Waals surface area contributed by atoms with E-state index in [0.717, 1.165) is 6.42 Å². The number of hydrogen-bond donors (Lipinski definition) is 1. The molecular formula is C16H25N3S. The van der Waals surface area contributed by atoms with Gasteiger partial charge in [-0.25, -0.2) is 0 Å². The molecule has 0 fully saturated rings. The van der Waals surface area contributed by atoms with Gasteiger partial charge < -0.3 is 5.32 Å². The monoisotopic (exact) mass is 291 g/mol. The standard InChI is InChI=1S/C16H25N3S/c1-12-16(13(2)19(4)18-12)10-8-14(17-3)7-9-15-6-5-11-20-15/h5-6,11,14,17H,7-10H2,1-4H3. The fourth-order valence-electron chi connectivity index (χ4n) is 2.70. The third kappa shape index (κ3) is 3.70. The van der Waals surface area contributed by atoms with E-state index in [2.05, 4.69) is 48.8 Å². The molecule has 1 N–H and O–H groups in total. The summed E-state index contributed by atoms with van der Waals surface area (Å²) in [6.07, 6.45) is 4.67. The van der Waals surface area contributed by atoms with Crippen molar-refractivity contribution in [2.24, 2.45) is 7.05 Å². The van der Waals surface area contributed by atoms with Crippen LogP contribution in [0.1, 0.15) is 34.7 Å². The Balaban J connectivity index is 1.87. The Bertz CT molecular complexity index is 528. The number of aryl methyl sites for hydroxylation is 3. The van der Waals surface area contributed by atoms with Crippen LogP contribution in [0.25, 0.3) is 0 Å². The summed E-state index contributed by atoms with van der Waals surface area (Å²) in [4.78, 5) is 1.49. The van der Waals surface area contributed by atoms with Crippen LogP contribution in [0.2, 0.25) is 0 Å². The van der Waals surface area contributed by atoms with Gasteiger partial charge >= 0.3 is 0 Å². The molecule has 0 spiro atoms. The summed E-state index contributed by atoms with van der Waals surface area (Å²) in [5.41, 5.74) is 3.90. The Hall–Kier alpha value is -1.13. The number of aromatic nitrogens is 2. The summed E-state index contributed by atoms with van der Waals surface area (Å²) in [7, 11) is 4.10. The lowest BCUT2D eigenvalue weighted by Gasteiger charge is -2.15. The topological polar surface area (TPSA) is 29.9 Å². The van der Waals surface area contributed by atoms with Crippen LogP contribution < -0.4 is 5.32 Å². The molecule has 2 rings (SSSR count). The summed E-state index contributed by atoms with van der Waals surface area (Å²) >= 11 is 1.86. The van der Waals surface area contributed by atoms with Gasteiger partial charge in [-0.1, -0.05) is 6.07 Å². The first-order valence-electron chi connectivity index (χ1n) is 7.30. The Labute approximate surface area is 126 Å². The lowest BCUT2D eigenvalue weighted by molar-refractivity contribution is 0.490. The quantitative estimate of drug-likeness (QED) is 0.848. The van der Waals surface area contributed by atoms with E-state index >= 15 is 0 Å². The molecule has 0 saturated carbocycles. The van der Waals surface area contributed by atoms with Crippen molar-refractivity contribution in [3.8, 4) is 0 Å². The molecule has 110 valence electrons. The molecule has 0 aromatic carbocycles. The van der Waals surface area contributed by atoms with Crippen molar-refractivity contribution < 1.29 is 0 Å². The van der Waals surface area contributed by atoms with E-state index < -0.39 is 0 Å². The van der Waals surface area contributed by atoms with Gasteiger partial charge in [-0.05, 0) is 63.6 Å². The highest BCUT2D eigenvalue weighted by Crippen LogP contribution is 2.17. The van der Waals surface area contributed by atoms with Crippen molar-refractivity contribution in [1.82, 2.24) is 15.1 Å². The van der Waals surface area contributed by atoms with Crippen molar-refractivity contribution in [2.75, 3.05) is 7.05 Å². The fourth-order valence-corrected chi connectivity index (χ4v) is 3.43. The smallest absolute Gasteiger partial charge is 0.0628 e. The van der Waals surface area contributed by atoms with Crippen LogP contribution in [0, 0.1) is 13.8 Å². The van der Waals surface area contributed by atoms with Crippen LogP contribution in [0.5, 0.6) is 0 Å². The van der Waals surface area contributed by atoms with Gasteiger partial charge in [0, 0.05) is 23.7 Å². The Morgan fingerprint density at radius 2 is 2.05 bits per heavy atom. The van der Waals surface area contributed by atoms with Gasteiger partial charge in [-0.2, -0.15) is 5.10 Å². The molecule has 0 saturated heterocycles. The number of thiophene rings is 1. The van der Waals surface area contributed by atoms with Crippen LogP contribution in [0.4, 0.5) is 0 Å². The van der Waals surface area contributed by atoms with Gasteiger partial charge in [0.2, 0.25) is 0 Å². The van der Waals surface area contributed by atoms with Gasteiger partial charge in [0.1, 0.15) is 0 Å². The van der Waals surface area contributed by atoms with Gasteiger partial charge in [-0.3, -0.25) is 4.68 Å². The second kappa shape index (κ2) is 7.04. The second-order valence-electron chi connectivity index (χ2n) is 5.42. The lowest BCUT2D eigenvalue weighted by Crippen LogP contribution is -2.26. The van der Waals surface area contributed by atoms with Crippen molar-refractivity contribution in [2.45, 2.75) is 45.6 Å². The minimum Gasteiger partial charge on any atom is -0.317 e. The minimum absolute atomic E-state index is 0.580. The maximum atomic E-state index is 4.50. The van der Waals surface area contributed by atoms with Crippen LogP contribution in [-0.2, 0) is 19.9 Å². The zero-order valence-electron chi connectivity index (χ0n) is 12.9. The van der Waals surface area contributed by atoms with Gasteiger partial charge in [0.25, 0.3) is 0 Å². The highest BCUT2D eigenvalue weighted by molar-refractivity contribution is 7.09. The van der Waals surface area contributed by atoms with Crippen molar-refractivity contribution >= 4 is 11.3 Å². The second-order valence-corrected chi connectivity index (χ2v) is 6.45. The molecule has 0 aliphatic heterocycles. The van der Waals surface area contributed by atoms with Crippen molar-refractivity contribution in [3.63, 3.8) is 0 Å². The SMILES string of the molecule is CNC(CCc1cccs1)CCc1c(C)nn(C)c1C. The molecule has 3 nitrogen and oxygen atoms in total. The highest BCUT2D eigenvalue weighted by atomic mass is 32.1. The fraction of sp³-hybridized carbons (Fsp3) is 0.562. The highest BCUT2D eigenvalue weighted by Gasteiger charge is 2.12. The van der Waals surface area contributed by atoms with Crippen LogP contribution in [0.3, 0.4) is 0 Å². The maximum absolute atomic E-state index is 4.50. The number of nitrogens with zero attached hydrogens (tertiary/aromatic N) is 2. The van der Waals surface area contributed by atoms with E-state index in [1.54, 1.807) is 0 Å². The van der Waals surface area contributed by atoms with E-state index in [1.165, 1.54) is 41.1 Å². The largest absolute Gasteiger partial charge is 0.317 e. The summed E-state index contributed by atoms with van der Waals surface area (Å²) in [5, 5.41) is 10.1. The van der Waals surface area contributed by atoms with Gasteiger partial charge in [0.05, 0.1) is 5.69 Å². The predicted octanol–water partition coefficient (Wildman–Crippen LogP) is 3.25. The number of rotatable bonds is 7. The predicted molar refractivity (Wildman–Crippen MR) is 86.5 cm³/mol. The molecule has 20 heavy (non-hydrogen) atoms. The molecule has 2 aromatic rings. The summed E-state index contributed by atoms with van der Waals surface area (Å²) in [5.74, 6) is 0. The normalized spacial score (nSPS) is 12.8. The molecule has 0 aliphatic rings. The first-order chi connectivity index (χ1) is 9.61. The minimum atomic E-state index is 0.580. The Morgan fingerprint density at radius 3 is 2.60 bits per heavy atom. The zero-order chi connectivity index (χ0) is 14.5. The van der Waals surface area contributed by atoms with Gasteiger partial charge in [0.15, 0.2) is 0 Å². The van der Waals surface area contributed by atoms with Crippen LogP contribution >= 0.6 is 11.3 Å². The van der Waals surface area contributed by atoms with Crippen LogP contribution in [-0.4, -0.2) is 22.9 Å². The molecular weight excluding hydrogens is 266 g/mol. The first kappa shape index (κ1) is 15.3. The number of nitrogens with one attached hydrogen (secondary N) is 1. The van der Waals surface area contributed by atoms with Crippen molar-refractivity contribution in [1.29, 1.82) is 0 Å². The molecule has 0 bridgehead atoms. The molecule has 1 unspecified atom stereocenters. The Kier molecular flexibility index (Phi) is 5.38. The summed E-state index contributed by atoms with van der Waals surface area (Å²) in [6.45, 7) is 4.28. The summed E-state index contributed by atoms with van der Waals surface area (Å²) in [6, 6.07) is 4.94. The molecule has 0 amide bonds. The van der Waals surface area contributed by atoms with E-state index in [9.17, 15) is 0 Å². The third-order valence-corrected chi connectivity index (χ3v) is 5.07. The van der Waals surface area contributed by atoms with Gasteiger partial charge in [-0.15, -0.1) is 11.3 Å². The van der Waals surface area contributed by atoms with E-state index in [-0.39, 0.29) is 0 Å². The zero-order valence-corrected chi connectivity index (χ0v) is 13.8. The third-order valence-electron chi connectivity index (χ3n) is 4.13. The molecule has 0 aliphatic carbocycles. The lowest BCUT2D eigenvalue weighted by atomic mass is 10.0. The average molecular weight is 291 g/mol. The van der Waals surface area contributed by atoms with E-state index in [1.807, 2.05) is 23.1 Å². The molecule has 2 heterocycles. The summed E-state index contributed by atoms with van der Waals surface area (Å²) < 4.78 is 1.99. The first-order valence-corrected chi connectivity index (χ1v) is 8.18. The van der Waals surface area contributed by atoms with Crippen LogP contribution in [0.15, 0.2) is 17.5 Å². The molecule has 0 radical (unpaired) electrons. The average Bonchev–Trinajstić information content (AvgIpc) is 3.02. The van der Waals surface area contributed by atoms with E-state index in [0.29, 0.717) is 6.04 Å². The van der Waals surface area contributed by atoms with Crippen molar-refractivity contribution in [3.05, 3.63) is 39.3 Å².